The molecule has 2 aromatic carbocycles. The number of anilines is 1. The van der Waals surface area contributed by atoms with E-state index < -0.39 is 12.1 Å². The summed E-state index contributed by atoms with van der Waals surface area (Å²) in [5.41, 5.74) is 10.7. The lowest BCUT2D eigenvalue weighted by molar-refractivity contribution is -0.137. The quantitative estimate of drug-likeness (QED) is 0.435. The molecular weight excluding hydrogens is 442 g/mol. The maximum Gasteiger partial charge on any atom is 0.247 e. The van der Waals surface area contributed by atoms with Crippen molar-refractivity contribution in [1.29, 1.82) is 0 Å². The molecule has 2 aliphatic rings. The van der Waals surface area contributed by atoms with E-state index in [-0.39, 0.29) is 36.9 Å². The number of amides is 3. The van der Waals surface area contributed by atoms with E-state index >= 15 is 0 Å². The molecule has 1 heterocycles. The summed E-state index contributed by atoms with van der Waals surface area (Å²) in [5.74, 6) is -0.685. The van der Waals surface area contributed by atoms with Crippen LogP contribution >= 0.6 is 0 Å². The minimum absolute atomic E-state index is 0.169. The second-order valence-electron chi connectivity index (χ2n) is 9.49. The summed E-state index contributed by atoms with van der Waals surface area (Å²) in [7, 11) is 1.70. The predicted octanol–water partition coefficient (Wildman–Crippen LogP) is 1.38. The topological polar surface area (TPSA) is 117 Å². The molecule has 1 fully saturated rings. The molecule has 5 N–H and O–H groups in total. The first kappa shape index (κ1) is 24.9. The monoisotopic (exact) mass is 477 g/mol. The second kappa shape index (κ2) is 11.5. The van der Waals surface area contributed by atoms with Gasteiger partial charge in [0.1, 0.15) is 6.04 Å². The van der Waals surface area contributed by atoms with Crippen LogP contribution in [0.4, 0.5) is 5.69 Å². The van der Waals surface area contributed by atoms with Gasteiger partial charge < -0.3 is 26.6 Å². The number of likely N-dealkylation sites (tertiary alicyclic amines) is 1. The summed E-state index contributed by atoms with van der Waals surface area (Å²) >= 11 is 0. The first-order chi connectivity index (χ1) is 16.9. The molecule has 1 aliphatic heterocycles. The number of hydrogen-bond acceptors (Lipinski definition) is 5. The lowest BCUT2D eigenvalue weighted by atomic mass is 10.0. The van der Waals surface area contributed by atoms with Gasteiger partial charge in [-0.3, -0.25) is 14.4 Å². The Morgan fingerprint density at radius 2 is 1.86 bits per heavy atom. The number of rotatable bonds is 9. The highest BCUT2D eigenvalue weighted by atomic mass is 16.2. The summed E-state index contributed by atoms with van der Waals surface area (Å²) in [6, 6.07) is 14.2. The fourth-order valence-corrected chi connectivity index (χ4v) is 5.05. The Bertz CT molecular complexity index is 1060. The molecule has 0 aromatic heterocycles. The van der Waals surface area contributed by atoms with Gasteiger partial charge in [0.2, 0.25) is 17.7 Å². The fourth-order valence-electron chi connectivity index (χ4n) is 5.05. The van der Waals surface area contributed by atoms with Crippen LogP contribution in [0, 0.1) is 0 Å². The van der Waals surface area contributed by atoms with Crippen molar-refractivity contribution in [2.75, 3.05) is 25.5 Å². The van der Waals surface area contributed by atoms with Gasteiger partial charge >= 0.3 is 0 Å². The van der Waals surface area contributed by atoms with Gasteiger partial charge in [0, 0.05) is 18.3 Å². The Kier molecular flexibility index (Phi) is 8.15. The summed E-state index contributed by atoms with van der Waals surface area (Å²) in [5, 5.41) is 8.74. The van der Waals surface area contributed by atoms with Gasteiger partial charge in [0.15, 0.2) is 0 Å². The fraction of sp³-hybridized carbons (Fsp3) is 0.444. The normalized spacial score (nSPS) is 19.8. The number of fused-ring (bicyclic) bond motifs is 1. The maximum atomic E-state index is 13.3. The average Bonchev–Trinajstić information content (AvgIpc) is 3.49. The predicted molar refractivity (Wildman–Crippen MR) is 136 cm³/mol. The van der Waals surface area contributed by atoms with Crippen LogP contribution < -0.4 is 21.7 Å². The minimum atomic E-state index is -0.725. The van der Waals surface area contributed by atoms with Crippen molar-refractivity contribution >= 4 is 23.4 Å². The van der Waals surface area contributed by atoms with Crippen LogP contribution in [0.5, 0.6) is 0 Å². The van der Waals surface area contributed by atoms with Crippen molar-refractivity contribution in [3.05, 3.63) is 65.2 Å². The number of hydrogen-bond donors (Lipinski definition) is 4. The molecule has 8 nitrogen and oxygen atoms in total. The zero-order chi connectivity index (χ0) is 24.8. The van der Waals surface area contributed by atoms with Gasteiger partial charge in [-0.1, -0.05) is 36.4 Å². The average molecular weight is 478 g/mol. The summed E-state index contributed by atoms with van der Waals surface area (Å²) in [6.45, 7) is 0.433. The second-order valence-corrected chi connectivity index (χ2v) is 9.49. The van der Waals surface area contributed by atoms with Crippen molar-refractivity contribution in [3.63, 3.8) is 0 Å². The molecule has 4 rings (SSSR count). The number of likely N-dealkylation sites (N-methyl/N-ethyl adjacent to an activating group) is 1. The number of nitrogens with two attached hydrogens (primary N) is 1. The van der Waals surface area contributed by atoms with E-state index in [9.17, 15) is 14.4 Å². The van der Waals surface area contributed by atoms with Gasteiger partial charge in [0.05, 0.1) is 12.6 Å². The Morgan fingerprint density at radius 3 is 2.63 bits per heavy atom. The molecule has 0 bridgehead atoms. The largest absolute Gasteiger partial charge is 0.350 e. The van der Waals surface area contributed by atoms with Crippen LogP contribution in [0.15, 0.2) is 48.5 Å². The first-order valence-corrected chi connectivity index (χ1v) is 12.4. The van der Waals surface area contributed by atoms with Crippen molar-refractivity contribution in [3.8, 4) is 0 Å². The number of carbonyl (C=O) groups excluding carboxylic acids is 3. The number of benzene rings is 2. The van der Waals surface area contributed by atoms with Crippen LogP contribution in [-0.2, 0) is 33.6 Å². The van der Waals surface area contributed by atoms with E-state index in [4.69, 9.17) is 5.73 Å². The van der Waals surface area contributed by atoms with E-state index in [1.165, 1.54) is 11.1 Å². The zero-order valence-electron chi connectivity index (χ0n) is 20.3. The van der Waals surface area contributed by atoms with Crippen LogP contribution in [0.1, 0.15) is 36.0 Å². The molecule has 0 radical (unpaired) electrons. The van der Waals surface area contributed by atoms with Gasteiger partial charge in [0.25, 0.3) is 0 Å². The van der Waals surface area contributed by atoms with Gasteiger partial charge in [-0.05, 0) is 74.4 Å². The van der Waals surface area contributed by atoms with E-state index in [1.54, 1.807) is 11.9 Å². The molecule has 1 aliphatic carbocycles. The third-order valence-electron chi connectivity index (χ3n) is 6.86. The van der Waals surface area contributed by atoms with E-state index in [1.807, 2.05) is 42.5 Å². The Balaban J connectivity index is 1.44. The molecule has 3 amide bonds. The van der Waals surface area contributed by atoms with Crippen LogP contribution in [0.3, 0.4) is 0 Å². The van der Waals surface area contributed by atoms with Crippen molar-refractivity contribution in [1.82, 2.24) is 15.5 Å². The summed E-state index contributed by atoms with van der Waals surface area (Å²) < 4.78 is 0. The highest BCUT2D eigenvalue weighted by Gasteiger charge is 2.41. The number of nitrogens with one attached hydrogen (secondary N) is 3. The third kappa shape index (κ3) is 6.26. The molecule has 2 aromatic rings. The Hall–Kier alpha value is -3.23. The zero-order valence-corrected chi connectivity index (χ0v) is 20.3. The van der Waals surface area contributed by atoms with E-state index in [2.05, 4.69) is 22.0 Å². The van der Waals surface area contributed by atoms with E-state index in [0.29, 0.717) is 19.3 Å². The summed E-state index contributed by atoms with van der Waals surface area (Å²) in [6.07, 6.45) is 4.73. The molecule has 8 heteroatoms. The Morgan fingerprint density at radius 1 is 1.09 bits per heavy atom. The number of carbonyl (C=O) groups is 3. The molecule has 0 spiro atoms. The molecular formula is C27H35N5O3. The maximum absolute atomic E-state index is 13.3. The third-order valence-corrected chi connectivity index (χ3v) is 6.86. The highest BCUT2D eigenvalue weighted by molar-refractivity contribution is 5.98. The Labute approximate surface area is 206 Å². The molecule has 186 valence electrons. The van der Waals surface area contributed by atoms with Crippen molar-refractivity contribution in [2.24, 2.45) is 5.73 Å². The van der Waals surface area contributed by atoms with Crippen molar-refractivity contribution < 1.29 is 14.4 Å². The highest BCUT2D eigenvalue weighted by Crippen LogP contribution is 2.26. The number of nitrogens with zero attached hydrogens (tertiary/aromatic N) is 1. The number of aryl methyl sites for hydroxylation is 3. The standard InChI is InChI=1S/C27H35N5O3/c1-29-16-25(33)30-22-15-24(26(34)31-21-12-11-19-8-5-9-20(19)14-21)32(17-22)27(35)23(28)13-10-18-6-3-2-4-7-18/h2-4,6-7,11-12,14,22-24,29H,5,8-10,13,15-17,28H2,1H3,(H,30,33)(H,31,34)/t22-,23+,24+/m1/s1. The van der Waals surface area contributed by atoms with Crippen LogP contribution in [-0.4, -0.2) is 60.9 Å². The first-order valence-electron chi connectivity index (χ1n) is 12.4. The molecule has 1 saturated heterocycles. The van der Waals surface area contributed by atoms with E-state index in [0.717, 1.165) is 30.5 Å². The lowest BCUT2D eigenvalue weighted by Crippen LogP contribution is -2.50. The molecule has 0 saturated carbocycles. The van der Waals surface area contributed by atoms with Crippen molar-refractivity contribution in [2.45, 2.75) is 56.7 Å². The molecule has 0 unspecified atom stereocenters. The van der Waals surface area contributed by atoms with Gasteiger partial charge in [-0.25, -0.2) is 0 Å². The summed E-state index contributed by atoms with van der Waals surface area (Å²) in [4.78, 5) is 40.3. The lowest BCUT2D eigenvalue weighted by Gasteiger charge is -2.26. The molecule has 35 heavy (non-hydrogen) atoms. The SMILES string of the molecule is CNCC(=O)N[C@@H]1C[C@@H](C(=O)Nc2ccc3c(c2)CCC3)N(C(=O)[C@@H](N)CCc2ccccc2)C1. The van der Waals surface area contributed by atoms with Gasteiger partial charge in [-0.15, -0.1) is 0 Å². The molecule has 3 atom stereocenters. The minimum Gasteiger partial charge on any atom is -0.350 e. The van der Waals surface area contributed by atoms with Crippen LogP contribution in [0.25, 0.3) is 0 Å². The van der Waals surface area contributed by atoms with Gasteiger partial charge in [-0.2, -0.15) is 0 Å². The smallest absolute Gasteiger partial charge is 0.247 e. The van der Waals surface area contributed by atoms with Crippen LogP contribution in [0.2, 0.25) is 0 Å².